The normalized spacial score (nSPS) is 40.6. The van der Waals surface area contributed by atoms with E-state index in [1.165, 1.54) is 32.1 Å². The van der Waals surface area contributed by atoms with Gasteiger partial charge in [0.1, 0.15) is 0 Å². The largest absolute Gasteiger partial charge is 0.310 e. The van der Waals surface area contributed by atoms with Gasteiger partial charge in [0.25, 0.3) is 0 Å². The summed E-state index contributed by atoms with van der Waals surface area (Å²) in [6.45, 7) is 2.51. The zero-order valence-electron chi connectivity index (χ0n) is 11.0. The summed E-state index contributed by atoms with van der Waals surface area (Å²) < 4.78 is 22.8. The molecule has 3 rings (SSSR count). The van der Waals surface area contributed by atoms with Crippen molar-refractivity contribution < 1.29 is 8.42 Å². The summed E-state index contributed by atoms with van der Waals surface area (Å²) >= 11 is 0. The van der Waals surface area contributed by atoms with E-state index in [4.69, 9.17) is 0 Å². The van der Waals surface area contributed by atoms with Crippen LogP contribution in [0.2, 0.25) is 0 Å². The standard InChI is InChI=1S/C13H24N2O2S/c16-18(17)7-5-15(6-8-18)10-12-9-11-3-1-2-4-13(11)14-12/h11-14H,1-10H2. The van der Waals surface area contributed by atoms with Crippen molar-refractivity contribution >= 4 is 9.84 Å². The second kappa shape index (κ2) is 5.10. The van der Waals surface area contributed by atoms with E-state index in [2.05, 4.69) is 10.2 Å². The van der Waals surface area contributed by atoms with E-state index in [0.29, 0.717) is 17.5 Å². The quantitative estimate of drug-likeness (QED) is 0.801. The van der Waals surface area contributed by atoms with E-state index >= 15 is 0 Å². The third-order valence-electron chi connectivity index (χ3n) is 4.86. The van der Waals surface area contributed by atoms with E-state index in [1.807, 2.05) is 0 Å². The molecule has 2 saturated heterocycles. The second-order valence-electron chi connectivity index (χ2n) is 6.20. The number of sulfone groups is 1. The SMILES string of the molecule is O=S1(=O)CCN(CC2CC3CCCCC3N2)CC1. The fraction of sp³-hybridized carbons (Fsp3) is 1.00. The zero-order valence-corrected chi connectivity index (χ0v) is 11.8. The highest BCUT2D eigenvalue weighted by molar-refractivity contribution is 7.91. The molecule has 1 N–H and O–H groups in total. The van der Waals surface area contributed by atoms with Crippen molar-refractivity contribution in [2.24, 2.45) is 5.92 Å². The van der Waals surface area contributed by atoms with Crippen molar-refractivity contribution in [3.8, 4) is 0 Å². The minimum atomic E-state index is -2.73. The summed E-state index contributed by atoms with van der Waals surface area (Å²) in [5.41, 5.74) is 0. The first-order valence-electron chi connectivity index (χ1n) is 7.31. The average Bonchev–Trinajstić information content (AvgIpc) is 2.74. The maximum absolute atomic E-state index is 11.4. The van der Waals surface area contributed by atoms with Crippen LogP contribution >= 0.6 is 0 Å². The number of nitrogens with zero attached hydrogens (tertiary/aromatic N) is 1. The minimum Gasteiger partial charge on any atom is -0.310 e. The molecule has 0 spiro atoms. The van der Waals surface area contributed by atoms with Gasteiger partial charge in [-0.15, -0.1) is 0 Å². The molecule has 3 unspecified atom stereocenters. The summed E-state index contributed by atoms with van der Waals surface area (Å²) in [6.07, 6.45) is 6.81. The van der Waals surface area contributed by atoms with Crippen LogP contribution in [0.15, 0.2) is 0 Å². The van der Waals surface area contributed by atoms with Crippen LogP contribution in [0.5, 0.6) is 0 Å². The molecule has 2 aliphatic heterocycles. The van der Waals surface area contributed by atoms with Gasteiger partial charge in [-0.25, -0.2) is 8.42 Å². The third kappa shape index (κ3) is 2.89. The molecule has 3 fully saturated rings. The summed E-state index contributed by atoms with van der Waals surface area (Å²) in [5.74, 6) is 1.59. The van der Waals surface area contributed by atoms with Gasteiger partial charge in [0, 0.05) is 31.7 Å². The van der Waals surface area contributed by atoms with Crippen molar-refractivity contribution in [3.63, 3.8) is 0 Å². The lowest BCUT2D eigenvalue weighted by Crippen LogP contribution is -2.46. The molecule has 4 nitrogen and oxygen atoms in total. The molecule has 1 aliphatic carbocycles. The Morgan fingerprint density at radius 2 is 1.83 bits per heavy atom. The molecule has 3 aliphatic rings. The lowest BCUT2D eigenvalue weighted by molar-refractivity contribution is 0.264. The number of fused-ring (bicyclic) bond motifs is 1. The van der Waals surface area contributed by atoms with Gasteiger partial charge >= 0.3 is 0 Å². The number of hydrogen-bond acceptors (Lipinski definition) is 4. The number of nitrogens with one attached hydrogen (secondary N) is 1. The van der Waals surface area contributed by atoms with Crippen molar-refractivity contribution in [2.75, 3.05) is 31.1 Å². The molecule has 2 heterocycles. The first kappa shape index (κ1) is 12.9. The van der Waals surface area contributed by atoms with Gasteiger partial charge in [-0.3, -0.25) is 4.90 Å². The summed E-state index contributed by atoms with van der Waals surface area (Å²) in [7, 11) is -2.73. The molecule has 18 heavy (non-hydrogen) atoms. The average molecular weight is 272 g/mol. The van der Waals surface area contributed by atoms with Gasteiger partial charge < -0.3 is 5.32 Å². The lowest BCUT2D eigenvalue weighted by atomic mass is 9.85. The van der Waals surface area contributed by atoms with Crippen LogP contribution in [0, 0.1) is 5.92 Å². The number of rotatable bonds is 2. The highest BCUT2D eigenvalue weighted by Gasteiger charge is 2.36. The Morgan fingerprint density at radius 3 is 2.56 bits per heavy atom. The fourth-order valence-corrected chi connectivity index (χ4v) is 5.09. The number of hydrogen-bond donors (Lipinski definition) is 1. The van der Waals surface area contributed by atoms with Crippen LogP contribution in [0.1, 0.15) is 32.1 Å². The van der Waals surface area contributed by atoms with Gasteiger partial charge in [-0.05, 0) is 25.2 Å². The Balaban J connectivity index is 1.49. The van der Waals surface area contributed by atoms with Crippen LogP contribution in [0.4, 0.5) is 0 Å². The third-order valence-corrected chi connectivity index (χ3v) is 6.47. The van der Waals surface area contributed by atoms with Crippen molar-refractivity contribution in [1.29, 1.82) is 0 Å². The molecular formula is C13H24N2O2S. The molecule has 0 aromatic rings. The van der Waals surface area contributed by atoms with E-state index in [-0.39, 0.29) is 0 Å². The minimum absolute atomic E-state index is 0.354. The molecule has 1 saturated carbocycles. The highest BCUT2D eigenvalue weighted by atomic mass is 32.2. The van der Waals surface area contributed by atoms with Crippen LogP contribution in [-0.2, 0) is 9.84 Å². The van der Waals surface area contributed by atoms with E-state index in [0.717, 1.165) is 31.6 Å². The summed E-state index contributed by atoms with van der Waals surface area (Å²) in [5, 5.41) is 3.77. The lowest BCUT2D eigenvalue weighted by Gasteiger charge is -2.29. The fourth-order valence-electron chi connectivity index (χ4n) is 3.82. The first-order valence-corrected chi connectivity index (χ1v) is 9.13. The van der Waals surface area contributed by atoms with Gasteiger partial charge in [0.05, 0.1) is 11.5 Å². The smallest absolute Gasteiger partial charge is 0.152 e. The van der Waals surface area contributed by atoms with Crippen molar-refractivity contribution in [1.82, 2.24) is 10.2 Å². The predicted octanol–water partition coefficient (Wildman–Crippen LogP) is 0.638. The Labute approximate surface area is 110 Å². The van der Waals surface area contributed by atoms with E-state index in [1.54, 1.807) is 0 Å². The molecule has 0 aromatic heterocycles. The van der Waals surface area contributed by atoms with E-state index in [9.17, 15) is 8.42 Å². The van der Waals surface area contributed by atoms with Crippen LogP contribution < -0.4 is 5.32 Å². The Bertz CT molecular complexity index is 368. The zero-order chi connectivity index (χ0) is 12.6. The highest BCUT2D eigenvalue weighted by Crippen LogP contribution is 2.33. The predicted molar refractivity (Wildman–Crippen MR) is 72.4 cm³/mol. The molecule has 0 amide bonds. The van der Waals surface area contributed by atoms with E-state index < -0.39 is 9.84 Å². The van der Waals surface area contributed by atoms with Gasteiger partial charge in [-0.1, -0.05) is 12.8 Å². The van der Waals surface area contributed by atoms with Gasteiger partial charge in [-0.2, -0.15) is 0 Å². The van der Waals surface area contributed by atoms with Crippen molar-refractivity contribution in [3.05, 3.63) is 0 Å². The molecule has 0 radical (unpaired) electrons. The van der Waals surface area contributed by atoms with Gasteiger partial charge in [0.15, 0.2) is 9.84 Å². The molecule has 0 bridgehead atoms. The van der Waals surface area contributed by atoms with Crippen LogP contribution in [0.25, 0.3) is 0 Å². The second-order valence-corrected chi connectivity index (χ2v) is 8.51. The summed E-state index contributed by atoms with van der Waals surface area (Å²) in [6, 6.07) is 1.34. The molecule has 0 aromatic carbocycles. The topological polar surface area (TPSA) is 49.4 Å². The monoisotopic (exact) mass is 272 g/mol. The molecule has 5 heteroatoms. The maximum atomic E-state index is 11.4. The Hall–Kier alpha value is -0.130. The first-order chi connectivity index (χ1) is 8.62. The maximum Gasteiger partial charge on any atom is 0.152 e. The molecule has 3 atom stereocenters. The van der Waals surface area contributed by atoms with Crippen LogP contribution in [-0.4, -0.2) is 56.5 Å². The van der Waals surface area contributed by atoms with Crippen molar-refractivity contribution in [2.45, 2.75) is 44.2 Å². The van der Waals surface area contributed by atoms with Gasteiger partial charge in [0.2, 0.25) is 0 Å². The van der Waals surface area contributed by atoms with Crippen LogP contribution in [0.3, 0.4) is 0 Å². The summed E-state index contributed by atoms with van der Waals surface area (Å²) in [4.78, 5) is 2.33. The molecular weight excluding hydrogens is 248 g/mol. The Kier molecular flexibility index (Phi) is 3.65. The molecule has 104 valence electrons. The Morgan fingerprint density at radius 1 is 1.11 bits per heavy atom.